The quantitative estimate of drug-likeness (QED) is 0.712. The lowest BCUT2D eigenvalue weighted by molar-refractivity contribution is 0.153. The molecule has 0 saturated heterocycles. The summed E-state index contributed by atoms with van der Waals surface area (Å²) in [5.74, 6) is 0. The number of alkyl halides is 2. The third-order valence-electron chi connectivity index (χ3n) is 1.05. The molecule has 0 atom stereocenters. The molecule has 1 heterocycles. The summed E-state index contributed by atoms with van der Waals surface area (Å²) in [4.78, 5) is 0. The van der Waals surface area contributed by atoms with Gasteiger partial charge >= 0.3 is 0 Å². The summed E-state index contributed by atoms with van der Waals surface area (Å²) in [6.45, 7) is 0. The molecular weight excluding hydrogens is 180 g/mol. The fraction of sp³-hybridized carbons (Fsp3) is 0.200. The van der Waals surface area contributed by atoms with E-state index in [0.29, 0.717) is 0 Å². The number of hydrogen-bond donors (Lipinski definition) is 1. The zero-order valence-electron chi connectivity index (χ0n) is 4.77. The van der Waals surface area contributed by atoms with Crippen LogP contribution in [0.1, 0.15) is 12.0 Å². The Balaban J connectivity index is 3.05. The topological polar surface area (TPSA) is 26.0 Å². The summed E-state index contributed by atoms with van der Waals surface area (Å²) in [6.07, 6.45) is -2.52. The first kappa shape index (κ1) is 7.75. The van der Waals surface area contributed by atoms with Crippen LogP contribution in [0.3, 0.4) is 0 Å². The number of nitrogen functional groups attached to an aromatic ring is 1. The molecule has 56 valence electrons. The minimum absolute atomic E-state index is 0.00154. The van der Waals surface area contributed by atoms with E-state index in [2.05, 4.69) is 0 Å². The number of halogens is 3. The van der Waals surface area contributed by atoms with Crippen molar-refractivity contribution < 1.29 is 8.78 Å². The lowest BCUT2D eigenvalue weighted by Crippen LogP contribution is -1.89. The van der Waals surface area contributed by atoms with E-state index in [4.69, 9.17) is 17.3 Å². The van der Waals surface area contributed by atoms with Crippen LogP contribution in [-0.4, -0.2) is 0 Å². The highest BCUT2D eigenvalue weighted by atomic mass is 35.5. The molecule has 0 aliphatic rings. The number of nitrogens with two attached hydrogens (primary N) is 1. The van der Waals surface area contributed by atoms with Gasteiger partial charge < -0.3 is 5.73 Å². The molecule has 0 saturated carbocycles. The first-order valence-electron chi connectivity index (χ1n) is 2.43. The van der Waals surface area contributed by atoms with E-state index in [1.807, 2.05) is 0 Å². The second kappa shape index (κ2) is 2.72. The van der Waals surface area contributed by atoms with Crippen molar-refractivity contribution in [2.45, 2.75) is 6.43 Å². The smallest absolute Gasteiger partial charge is 0.266 e. The van der Waals surface area contributed by atoms with Crippen molar-refractivity contribution >= 4 is 28.6 Å². The van der Waals surface area contributed by atoms with Crippen LogP contribution in [0.4, 0.5) is 14.5 Å². The highest BCUT2D eigenvalue weighted by molar-refractivity contribution is 7.15. The maximum absolute atomic E-state index is 11.9. The van der Waals surface area contributed by atoms with Gasteiger partial charge in [-0.3, -0.25) is 0 Å². The summed E-state index contributed by atoms with van der Waals surface area (Å²) in [5, 5.41) is 1.27. The van der Waals surface area contributed by atoms with E-state index in [0.717, 1.165) is 11.3 Å². The largest absolute Gasteiger partial charge is 0.396 e. The van der Waals surface area contributed by atoms with E-state index in [1.165, 1.54) is 5.38 Å². The third kappa shape index (κ3) is 1.22. The summed E-state index contributed by atoms with van der Waals surface area (Å²) in [7, 11) is 0. The highest BCUT2D eigenvalue weighted by Gasteiger charge is 2.14. The fourth-order valence-electron chi connectivity index (χ4n) is 0.525. The van der Waals surface area contributed by atoms with Gasteiger partial charge in [-0.1, -0.05) is 11.6 Å². The number of rotatable bonds is 1. The molecule has 5 heteroatoms. The lowest BCUT2D eigenvalue weighted by atomic mass is 10.3. The molecule has 0 aromatic carbocycles. The van der Waals surface area contributed by atoms with E-state index in [-0.39, 0.29) is 15.6 Å². The van der Waals surface area contributed by atoms with Gasteiger partial charge in [0.15, 0.2) is 0 Å². The van der Waals surface area contributed by atoms with E-state index in [9.17, 15) is 8.78 Å². The Hall–Kier alpha value is -0.350. The van der Waals surface area contributed by atoms with Gasteiger partial charge in [0, 0.05) is 5.38 Å². The Labute approximate surface area is 65.4 Å². The van der Waals surface area contributed by atoms with Gasteiger partial charge in [0.25, 0.3) is 6.43 Å². The van der Waals surface area contributed by atoms with Crippen molar-refractivity contribution in [3.63, 3.8) is 0 Å². The molecule has 0 amide bonds. The van der Waals surface area contributed by atoms with Crippen molar-refractivity contribution in [1.82, 2.24) is 0 Å². The molecule has 10 heavy (non-hydrogen) atoms. The minimum atomic E-state index is -2.52. The molecular formula is C5H4ClF2NS. The maximum atomic E-state index is 11.9. The second-order valence-corrected chi connectivity index (χ2v) is 3.16. The summed E-state index contributed by atoms with van der Waals surface area (Å²) in [6, 6.07) is 0. The van der Waals surface area contributed by atoms with Crippen LogP contribution >= 0.6 is 22.9 Å². The van der Waals surface area contributed by atoms with Crippen LogP contribution < -0.4 is 5.73 Å². The molecule has 0 fully saturated rings. The molecule has 0 aliphatic heterocycles. The number of hydrogen-bond acceptors (Lipinski definition) is 2. The van der Waals surface area contributed by atoms with Crippen LogP contribution in [0.5, 0.6) is 0 Å². The standard InChI is InChI=1S/C5H4ClF2NS/c6-4-3(9)2(1-10-4)5(7)8/h1,5H,9H2. The third-order valence-corrected chi connectivity index (χ3v) is 2.32. The van der Waals surface area contributed by atoms with Gasteiger partial charge in [-0.25, -0.2) is 8.78 Å². The lowest BCUT2D eigenvalue weighted by Gasteiger charge is -1.94. The predicted octanol–water partition coefficient (Wildman–Crippen LogP) is 2.92. The van der Waals surface area contributed by atoms with E-state index in [1.54, 1.807) is 0 Å². The van der Waals surface area contributed by atoms with Crippen LogP contribution in [0.15, 0.2) is 5.38 Å². The van der Waals surface area contributed by atoms with Crippen molar-refractivity contribution in [1.29, 1.82) is 0 Å². The number of anilines is 1. The molecule has 0 radical (unpaired) electrons. The SMILES string of the molecule is Nc1c(C(F)F)csc1Cl. The molecule has 0 bridgehead atoms. The van der Waals surface area contributed by atoms with Gasteiger partial charge in [-0.2, -0.15) is 0 Å². The van der Waals surface area contributed by atoms with Crippen molar-refractivity contribution in [2.75, 3.05) is 5.73 Å². The number of thiophene rings is 1. The Kier molecular flexibility index (Phi) is 2.11. The normalized spacial score (nSPS) is 10.8. The molecule has 1 aromatic rings. The molecule has 1 aromatic heterocycles. The summed E-state index contributed by atoms with van der Waals surface area (Å²) >= 11 is 6.45. The average Bonchev–Trinajstić information content (AvgIpc) is 2.14. The first-order valence-corrected chi connectivity index (χ1v) is 3.69. The fourth-order valence-corrected chi connectivity index (χ4v) is 1.47. The Morgan fingerprint density at radius 1 is 1.60 bits per heavy atom. The predicted molar refractivity (Wildman–Crippen MR) is 38.7 cm³/mol. The van der Waals surface area contributed by atoms with E-state index < -0.39 is 6.43 Å². The minimum Gasteiger partial charge on any atom is -0.396 e. The molecule has 2 N–H and O–H groups in total. The summed E-state index contributed by atoms with van der Waals surface area (Å²) in [5.41, 5.74) is 5.03. The second-order valence-electron chi connectivity index (χ2n) is 1.68. The molecule has 0 aliphatic carbocycles. The van der Waals surface area contributed by atoms with E-state index >= 15 is 0 Å². The monoisotopic (exact) mass is 183 g/mol. The van der Waals surface area contributed by atoms with Crippen LogP contribution in [0.25, 0.3) is 0 Å². The Morgan fingerprint density at radius 3 is 2.40 bits per heavy atom. The zero-order chi connectivity index (χ0) is 7.72. The molecule has 0 unspecified atom stereocenters. The van der Waals surface area contributed by atoms with Crippen LogP contribution in [-0.2, 0) is 0 Å². The van der Waals surface area contributed by atoms with Gasteiger partial charge in [0.1, 0.15) is 4.34 Å². The maximum Gasteiger partial charge on any atom is 0.266 e. The zero-order valence-corrected chi connectivity index (χ0v) is 6.35. The first-order chi connectivity index (χ1) is 4.63. The van der Waals surface area contributed by atoms with Gasteiger partial charge in [-0.05, 0) is 0 Å². The van der Waals surface area contributed by atoms with Gasteiger partial charge in [0.05, 0.1) is 11.3 Å². The van der Waals surface area contributed by atoms with Crippen LogP contribution in [0.2, 0.25) is 4.34 Å². The molecule has 1 rings (SSSR count). The van der Waals surface area contributed by atoms with Crippen molar-refractivity contribution in [3.8, 4) is 0 Å². The molecule has 1 nitrogen and oxygen atoms in total. The van der Waals surface area contributed by atoms with Crippen LogP contribution in [0, 0.1) is 0 Å². The van der Waals surface area contributed by atoms with Crippen molar-refractivity contribution in [3.05, 3.63) is 15.3 Å². The van der Waals surface area contributed by atoms with Crippen molar-refractivity contribution in [2.24, 2.45) is 0 Å². The Bertz CT molecular complexity index is 236. The van der Waals surface area contributed by atoms with Gasteiger partial charge in [-0.15, -0.1) is 11.3 Å². The average molecular weight is 184 g/mol. The highest BCUT2D eigenvalue weighted by Crippen LogP contribution is 2.35. The van der Waals surface area contributed by atoms with Gasteiger partial charge in [0.2, 0.25) is 0 Å². The Morgan fingerprint density at radius 2 is 2.20 bits per heavy atom. The summed E-state index contributed by atoms with van der Waals surface area (Å²) < 4.78 is 24.1. The molecule has 0 spiro atoms.